The first-order valence-corrected chi connectivity index (χ1v) is 6.10. The molecule has 0 saturated heterocycles. The molecule has 1 N–H and O–H groups in total. The van der Waals surface area contributed by atoms with Gasteiger partial charge in [0.2, 0.25) is 0 Å². The van der Waals surface area contributed by atoms with Crippen LogP contribution in [0.2, 0.25) is 0 Å². The molecule has 1 atom stereocenters. The maximum absolute atomic E-state index is 10.6. The summed E-state index contributed by atoms with van der Waals surface area (Å²) in [5.74, 6) is 1.71. The van der Waals surface area contributed by atoms with E-state index in [1.165, 1.54) is 7.11 Å². The minimum absolute atomic E-state index is 0.432. The van der Waals surface area contributed by atoms with Gasteiger partial charge in [0.05, 0.1) is 21.3 Å². The summed E-state index contributed by atoms with van der Waals surface area (Å²) >= 11 is 0. The van der Waals surface area contributed by atoms with E-state index in [4.69, 9.17) is 14.2 Å². The molecule has 20 heavy (non-hydrogen) atoms. The number of rotatable bonds is 5. The molecule has 0 amide bonds. The van der Waals surface area contributed by atoms with Gasteiger partial charge in [-0.3, -0.25) is 4.98 Å². The first-order chi connectivity index (χ1) is 9.71. The van der Waals surface area contributed by atoms with Crippen molar-refractivity contribution >= 4 is 0 Å². The molecule has 0 spiro atoms. The molecule has 5 heteroatoms. The molecule has 1 unspecified atom stereocenters. The quantitative estimate of drug-likeness (QED) is 0.906. The van der Waals surface area contributed by atoms with Gasteiger partial charge in [0.15, 0.2) is 0 Å². The highest BCUT2D eigenvalue weighted by molar-refractivity contribution is 5.46. The minimum atomic E-state index is -0.962. The van der Waals surface area contributed by atoms with Gasteiger partial charge in [0.1, 0.15) is 29.0 Å². The monoisotopic (exact) mass is 275 g/mol. The molecule has 0 bridgehead atoms. The molecule has 1 heterocycles. The molecular formula is C15H17NO4. The van der Waals surface area contributed by atoms with E-state index in [2.05, 4.69) is 4.98 Å². The highest BCUT2D eigenvalue weighted by atomic mass is 16.5. The van der Waals surface area contributed by atoms with Crippen LogP contribution in [0.5, 0.6) is 17.2 Å². The zero-order chi connectivity index (χ0) is 14.5. The predicted octanol–water partition coefficient (Wildman–Crippen LogP) is 2.19. The van der Waals surface area contributed by atoms with Gasteiger partial charge in [-0.05, 0) is 30.3 Å². The molecule has 1 aromatic heterocycles. The lowest BCUT2D eigenvalue weighted by Gasteiger charge is -2.17. The zero-order valence-corrected chi connectivity index (χ0v) is 11.7. The van der Waals surface area contributed by atoms with Crippen LogP contribution in [-0.2, 0) is 0 Å². The molecule has 0 radical (unpaired) electrons. The maximum atomic E-state index is 10.6. The summed E-state index contributed by atoms with van der Waals surface area (Å²) in [6, 6.07) is 8.73. The topological polar surface area (TPSA) is 60.8 Å². The first-order valence-electron chi connectivity index (χ1n) is 6.10. The van der Waals surface area contributed by atoms with Gasteiger partial charge in [-0.2, -0.15) is 0 Å². The zero-order valence-electron chi connectivity index (χ0n) is 11.7. The van der Waals surface area contributed by atoms with E-state index in [1.54, 1.807) is 50.7 Å². The van der Waals surface area contributed by atoms with Crippen molar-refractivity contribution in [2.45, 2.75) is 6.10 Å². The van der Waals surface area contributed by atoms with Crippen molar-refractivity contribution in [3.05, 3.63) is 47.8 Å². The Morgan fingerprint density at radius 1 is 1.00 bits per heavy atom. The van der Waals surface area contributed by atoms with Crippen LogP contribution >= 0.6 is 0 Å². The summed E-state index contributed by atoms with van der Waals surface area (Å²) in [5, 5.41) is 10.6. The summed E-state index contributed by atoms with van der Waals surface area (Å²) in [7, 11) is 4.66. The van der Waals surface area contributed by atoms with Gasteiger partial charge in [0.25, 0.3) is 0 Å². The fourth-order valence-electron chi connectivity index (χ4n) is 1.98. The van der Waals surface area contributed by atoms with Crippen molar-refractivity contribution in [3.8, 4) is 17.2 Å². The molecule has 106 valence electrons. The summed E-state index contributed by atoms with van der Waals surface area (Å²) < 4.78 is 15.7. The van der Waals surface area contributed by atoms with Crippen molar-refractivity contribution in [1.82, 2.24) is 4.98 Å². The van der Waals surface area contributed by atoms with E-state index in [9.17, 15) is 5.11 Å². The standard InChI is InChI=1S/C15H17NO4/c1-18-10-6-7-12(19-2)11(9-10)15(17)14-13(20-3)5-4-8-16-14/h4-9,15,17H,1-3H3. The Morgan fingerprint density at radius 2 is 1.75 bits per heavy atom. The second-order valence-corrected chi connectivity index (χ2v) is 4.10. The molecule has 0 saturated carbocycles. The number of aromatic nitrogens is 1. The van der Waals surface area contributed by atoms with Crippen molar-refractivity contribution in [2.75, 3.05) is 21.3 Å². The number of pyridine rings is 1. The largest absolute Gasteiger partial charge is 0.497 e. The van der Waals surface area contributed by atoms with Gasteiger partial charge in [-0.15, -0.1) is 0 Å². The molecule has 5 nitrogen and oxygen atoms in total. The average molecular weight is 275 g/mol. The Labute approximate surface area is 117 Å². The van der Waals surface area contributed by atoms with E-state index in [1.807, 2.05) is 0 Å². The second kappa shape index (κ2) is 6.25. The lowest BCUT2D eigenvalue weighted by atomic mass is 10.0. The summed E-state index contributed by atoms with van der Waals surface area (Å²) in [6.45, 7) is 0. The van der Waals surface area contributed by atoms with Crippen LogP contribution in [0, 0.1) is 0 Å². The van der Waals surface area contributed by atoms with Crippen LogP contribution in [-0.4, -0.2) is 31.4 Å². The number of hydrogen-bond acceptors (Lipinski definition) is 5. The normalized spacial score (nSPS) is 11.8. The summed E-state index contributed by atoms with van der Waals surface area (Å²) in [6.07, 6.45) is 0.643. The van der Waals surface area contributed by atoms with E-state index in [0.29, 0.717) is 28.5 Å². The van der Waals surface area contributed by atoms with Crippen LogP contribution in [0.3, 0.4) is 0 Å². The third kappa shape index (κ3) is 2.67. The lowest BCUT2D eigenvalue weighted by Crippen LogP contribution is -2.07. The number of ether oxygens (including phenoxy) is 3. The summed E-state index contributed by atoms with van der Waals surface area (Å²) in [5.41, 5.74) is 1.01. The number of aliphatic hydroxyl groups excluding tert-OH is 1. The van der Waals surface area contributed by atoms with E-state index >= 15 is 0 Å². The molecule has 2 rings (SSSR count). The fraction of sp³-hybridized carbons (Fsp3) is 0.267. The lowest BCUT2D eigenvalue weighted by molar-refractivity contribution is 0.203. The van der Waals surface area contributed by atoms with Crippen LogP contribution < -0.4 is 14.2 Å². The van der Waals surface area contributed by atoms with E-state index in [0.717, 1.165) is 0 Å². The number of aliphatic hydroxyl groups is 1. The SMILES string of the molecule is COc1ccc(OC)c(C(O)c2ncccc2OC)c1. The third-order valence-corrected chi connectivity index (χ3v) is 3.01. The number of nitrogens with zero attached hydrogens (tertiary/aromatic N) is 1. The highest BCUT2D eigenvalue weighted by Gasteiger charge is 2.21. The number of benzene rings is 1. The molecule has 0 aliphatic carbocycles. The Morgan fingerprint density at radius 3 is 2.40 bits per heavy atom. The molecule has 0 aliphatic rings. The summed E-state index contributed by atoms with van der Waals surface area (Å²) in [4.78, 5) is 4.19. The maximum Gasteiger partial charge on any atom is 0.143 e. The van der Waals surface area contributed by atoms with Crippen molar-refractivity contribution in [1.29, 1.82) is 0 Å². The second-order valence-electron chi connectivity index (χ2n) is 4.10. The van der Waals surface area contributed by atoms with Crippen molar-refractivity contribution in [2.24, 2.45) is 0 Å². The molecule has 0 fully saturated rings. The van der Waals surface area contributed by atoms with E-state index < -0.39 is 6.10 Å². The Bertz CT molecular complexity index is 586. The number of methoxy groups -OCH3 is 3. The van der Waals surface area contributed by atoms with Gasteiger partial charge in [-0.1, -0.05) is 0 Å². The fourth-order valence-corrected chi connectivity index (χ4v) is 1.98. The van der Waals surface area contributed by atoms with Crippen LogP contribution in [0.1, 0.15) is 17.4 Å². The Kier molecular flexibility index (Phi) is 4.42. The average Bonchev–Trinajstić information content (AvgIpc) is 2.53. The third-order valence-electron chi connectivity index (χ3n) is 3.01. The predicted molar refractivity (Wildman–Crippen MR) is 74.4 cm³/mol. The first kappa shape index (κ1) is 14.1. The van der Waals surface area contributed by atoms with Crippen LogP contribution in [0.4, 0.5) is 0 Å². The van der Waals surface area contributed by atoms with Crippen molar-refractivity contribution in [3.63, 3.8) is 0 Å². The van der Waals surface area contributed by atoms with Crippen LogP contribution in [0.25, 0.3) is 0 Å². The van der Waals surface area contributed by atoms with Crippen LogP contribution in [0.15, 0.2) is 36.5 Å². The Hall–Kier alpha value is -2.27. The van der Waals surface area contributed by atoms with Gasteiger partial charge in [-0.25, -0.2) is 0 Å². The molecule has 1 aromatic carbocycles. The Balaban J connectivity index is 2.49. The minimum Gasteiger partial charge on any atom is -0.497 e. The van der Waals surface area contributed by atoms with Gasteiger partial charge >= 0.3 is 0 Å². The van der Waals surface area contributed by atoms with Gasteiger partial charge in [0, 0.05) is 11.8 Å². The van der Waals surface area contributed by atoms with E-state index in [-0.39, 0.29) is 0 Å². The highest BCUT2D eigenvalue weighted by Crippen LogP contribution is 2.35. The smallest absolute Gasteiger partial charge is 0.143 e. The molecule has 2 aromatic rings. The molecular weight excluding hydrogens is 258 g/mol. The number of hydrogen-bond donors (Lipinski definition) is 1. The molecule has 0 aliphatic heterocycles. The van der Waals surface area contributed by atoms with Crippen molar-refractivity contribution < 1.29 is 19.3 Å². The van der Waals surface area contributed by atoms with Gasteiger partial charge < -0.3 is 19.3 Å².